The number of ether oxygens (including phenoxy) is 2. The number of aromatic nitrogens is 6. The van der Waals surface area contributed by atoms with Crippen molar-refractivity contribution in [2.75, 3.05) is 45.4 Å². The average Bonchev–Trinajstić information content (AvgIpc) is 3.37. The molecule has 5 heterocycles. The summed E-state index contributed by atoms with van der Waals surface area (Å²) in [5.74, 6) is -0.763. The van der Waals surface area contributed by atoms with Crippen LogP contribution < -0.4 is 10.1 Å². The quantitative estimate of drug-likeness (QED) is 0.411. The number of benzene rings is 1. The molecule has 36 heavy (non-hydrogen) atoms. The molecule has 0 saturated carbocycles. The SMILES string of the molecule is [2H]c1c(F)c(-c2ccc3nnn(CCF)c3c2)c2c(OC)nc(N[C@@H]3CCN(C4COC4)C[C@@H]3F)nn12. The molecule has 10 nitrogen and oxygen atoms in total. The average molecular weight is 504 g/mol. The summed E-state index contributed by atoms with van der Waals surface area (Å²) in [5.41, 5.74) is 1.66. The lowest BCUT2D eigenvalue weighted by atomic mass is 10.0. The molecule has 2 saturated heterocycles. The van der Waals surface area contributed by atoms with E-state index in [-0.39, 0.29) is 42.0 Å². The number of anilines is 1. The minimum Gasteiger partial charge on any atom is -0.479 e. The normalized spacial score (nSPS) is 21.6. The largest absolute Gasteiger partial charge is 0.479 e. The Labute approximate surface area is 205 Å². The van der Waals surface area contributed by atoms with E-state index < -0.39 is 30.9 Å². The highest BCUT2D eigenvalue weighted by Crippen LogP contribution is 2.35. The Bertz CT molecular complexity index is 1460. The van der Waals surface area contributed by atoms with Crippen molar-refractivity contribution in [1.29, 1.82) is 0 Å². The molecule has 2 atom stereocenters. The number of likely N-dealkylation sites (tertiary alicyclic amines) is 1. The standard InChI is InChI=1S/C23H25F3N8O2/c1-35-22-21-20(13-2-3-18-19(8-13)33(7-5-24)31-29-18)16(26)10-34(21)30-23(28-22)27-17-4-6-32(9-15(17)25)14-11-36-12-14/h2-3,8,10,14-15,17H,4-7,9,11-12H2,1H3,(H,27,30)/t15-,17+/m0/s1/i10D. The molecule has 0 bridgehead atoms. The van der Waals surface area contributed by atoms with Crippen molar-refractivity contribution in [2.45, 2.75) is 31.2 Å². The smallest absolute Gasteiger partial charge is 0.244 e. The molecule has 2 fully saturated rings. The fourth-order valence-corrected chi connectivity index (χ4v) is 4.81. The van der Waals surface area contributed by atoms with Gasteiger partial charge in [-0.3, -0.25) is 4.90 Å². The maximum Gasteiger partial charge on any atom is 0.244 e. The summed E-state index contributed by atoms with van der Waals surface area (Å²) in [6.45, 7) is 1.59. The van der Waals surface area contributed by atoms with E-state index in [0.29, 0.717) is 42.8 Å². The Morgan fingerprint density at radius 3 is 2.92 bits per heavy atom. The van der Waals surface area contributed by atoms with Gasteiger partial charge in [0, 0.05) is 13.1 Å². The van der Waals surface area contributed by atoms with Gasteiger partial charge in [0.25, 0.3) is 0 Å². The topological polar surface area (TPSA) is 94.6 Å². The Morgan fingerprint density at radius 2 is 2.19 bits per heavy atom. The Morgan fingerprint density at radius 1 is 1.33 bits per heavy atom. The number of nitrogens with zero attached hydrogens (tertiary/aromatic N) is 7. The Hall–Kier alpha value is -3.45. The monoisotopic (exact) mass is 503 g/mol. The second-order valence-corrected chi connectivity index (χ2v) is 8.95. The maximum atomic E-state index is 15.5. The summed E-state index contributed by atoms with van der Waals surface area (Å²) >= 11 is 0. The van der Waals surface area contributed by atoms with E-state index in [1.807, 2.05) is 0 Å². The number of methoxy groups -OCH3 is 1. The first-order valence-corrected chi connectivity index (χ1v) is 11.7. The fourth-order valence-electron chi connectivity index (χ4n) is 4.81. The maximum absolute atomic E-state index is 15.5. The van der Waals surface area contributed by atoms with Crippen LogP contribution in [-0.2, 0) is 11.3 Å². The summed E-state index contributed by atoms with van der Waals surface area (Å²) in [4.78, 5) is 6.46. The van der Waals surface area contributed by atoms with Crippen molar-refractivity contribution >= 4 is 22.5 Å². The minimum atomic E-state index is -1.17. The summed E-state index contributed by atoms with van der Waals surface area (Å²) < 4.78 is 64.9. The molecule has 0 aliphatic carbocycles. The molecule has 0 amide bonds. The van der Waals surface area contributed by atoms with Crippen molar-refractivity contribution in [3.63, 3.8) is 0 Å². The molecule has 6 rings (SSSR count). The first-order valence-electron chi connectivity index (χ1n) is 12.2. The van der Waals surface area contributed by atoms with Crippen LogP contribution in [0.2, 0.25) is 0 Å². The lowest BCUT2D eigenvalue weighted by Crippen LogP contribution is -2.57. The zero-order chi connectivity index (χ0) is 25.7. The zero-order valence-electron chi connectivity index (χ0n) is 20.5. The number of hydrogen-bond donors (Lipinski definition) is 1. The van der Waals surface area contributed by atoms with Crippen LogP contribution in [0.5, 0.6) is 5.88 Å². The van der Waals surface area contributed by atoms with Gasteiger partial charge in [0.2, 0.25) is 11.8 Å². The van der Waals surface area contributed by atoms with Gasteiger partial charge in [0.05, 0.1) is 57.6 Å². The summed E-state index contributed by atoms with van der Waals surface area (Å²) in [6, 6.07) is 4.62. The Kier molecular flexibility index (Phi) is 5.58. The summed E-state index contributed by atoms with van der Waals surface area (Å²) in [7, 11) is 1.38. The van der Waals surface area contributed by atoms with Gasteiger partial charge in [0.15, 0.2) is 5.82 Å². The van der Waals surface area contributed by atoms with Gasteiger partial charge in [-0.15, -0.1) is 10.2 Å². The lowest BCUT2D eigenvalue weighted by Gasteiger charge is -2.42. The fraction of sp³-hybridized carbons (Fsp3) is 0.478. The second-order valence-electron chi connectivity index (χ2n) is 8.95. The van der Waals surface area contributed by atoms with E-state index in [9.17, 15) is 8.78 Å². The van der Waals surface area contributed by atoms with E-state index in [1.54, 1.807) is 18.2 Å². The highest BCUT2D eigenvalue weighted by molar-refractivity contribution is 5.89. The van der Waals surface area contributed by atoms with Crippen LogP contribution in [0.3, 0.4) is 0 Å². The number of hydrogen-bond acceptors (Lipinski definition) is 8. The van der Waals surface area contributed by atoms with Gasteiger partial charge >= 0.3 is 0 Å². The second kappa shape index (κ2) is 9.21. The van der Waals surface area contributed by atoms with E-state index in [1.165, 1.54) is 11.8 Å². The molecule has 0 unspecified atom stereocenters. The van der Waals surface area contributed by atoms with Crippen LogP contribution in [0, 0.1) is 5.82 Å². The molecule has 2 aliphatic heterocycles. The van der Waals surface area contributed by atoms with Crippen molar-refractivity contribution in [3.8, 4) is 17.0 Å². The van der Waals surface area contributed by atoms with Gasteiger partial charge in [-0.1, -0.05) is 11.3 Å². The predicted octanol–water partition coefficient (Wildman–Crippen LogP) is 2.48. The van der Waals surface area contributed by atoms with Crippen LogP contribution in [0.25, 0.3) is 27.7 Å². The molecule has 4 aromatic rings. The van der Waals surface area contributed by atoms with Gasteiger partial charge < -0.3 is 14.8 Å². The molecule has 13 heteroatoms. The molecular weight excluding hydrogens is 477 g/mol. The third-order valence-electron chi connectivity index (χ3n) is 6.79. The number of nitrogens with one attached hydrogen (secondary N) is 1. The van der Waals surface area contributed by atoms with Crippen molar-refractivity contribution in [1.82, 2.24) is 34.5 Å². The third-order valence-corrected chi connectivity index (χ3v) is 6.79. The number of aryl methyl sites for hydroxylation is 1. The number of rotatable bonds is 7. The molecular formula is C23H25F3N8O2. The van der Waals surface area contributed by atoms with E-state index >= 15 is 4.39 Å². The lowest BCUT2D eigenvalue weighted by molar-refractivity contribution is -0.0794. The van der Waals surface area contributed by atoms with Crippen LogP contribution in [0.1, 0.15) is 7.79 Å². The van der Waals surface area contributed by atoms with Gasteiger partial charge in [-0.2, -0.15) is 4.98 Å². The first kappa shape index (κ1) is 21.8. The Balaban J connectivity index is 1.35. The summed E-state index contributed by atoms with van der Waals surface area (Å²) in [5, 5.41) is 15.3. The van der Waals surface area contributed by atoms with E-state index in [4.69, 9.17) is 10.8 Å². The zero-order valence-corrected chi connectivity index (χ0v) is 19.5. The summed E-state index contributed by atoms with van der Waals surface area (Å²) in [6.07, 6.45) is -1.14. The van der Waals surface area contributed by atoms with Crippen LogP contribution in [0.4, 0.5) is 19.1 Å². The molecule has 0 spiro atoms. The minimum absolute atomic E-state index is 0.00697. The van der Waals surface area contributed by atoms with Crippen LogP contribution in [0.15, 0.2) is 24.4 Å². The molecule has 0 radical (unpaired) electrons. The highest BCUT2D eigenvalue weighted by atomic mass is 19.1. The van der Waals surface area contributed by atoms with Crippen molar-refractivity contribution in [3.05, 3.63) is 30.2 Å². The highest BCUT2D eigenvalue weighted by Gasteiger charge is 2.36. The molecule has 1 aromatic carbocycles. The van der Waals surface area contributed by atoms with Gasteiger partial charge in [-0.25, -0.2) is 22.4 Å². The molecule has 2 aliphatic rings. The number of halogens is 3. The van der Waals surface area contributed by atoms with Crippen molar-refractivity contribution in [2.24, 2.45) is 0 Å². The predicted molar refractivity (Wildman–Crippen MR) is 125 cm³/mol. The molecule has 190 valence electrons. The first-order chi connectivity index (χ1) is 18.0. The van der Waals surface area contributed by atoms with E-state index in [2.05, 4.69) is 30.6 Å². The third kappa shape index (κ3) is 3.91. The van der Waals surface area contributed by atoms with E-state index in [0.717, 1.165) is 4.52 Å². The van der Waals surface area contributed by atoms with Crippen molar-refractivity contribution < 1.29 is 24.0 Å². The molecule has 1 N–H and O–H groups in total. The molecule has 3 aromatic heterocycles. The number of fused-ring (bicyclic) bond motifs is 2. The number of piperidine rings is 1. The van der Waals surface area contributed by atoms with Gasteiger partial charge in [-0.05, 0) is 24.1 Å². The number of alkyl halides is 2. The van der Waals surface area contributed by atoms with Crippen LogP contribution in [-0.4, -0.2) is 92.8 Å². The van der Waals surface area contributed by atoms with Crippen LogP contribution >= 0.6 is 0 Å². The van der Waals surface area contributed by atoms with Gasteiger partial charge in [0.1, 0.15) is 23.9 Å².